The molecule has 11 nitrogen and oxygen atoms in total. The van der Waals surface area contributed by atoms with Crippen molar-refractivity contribution in [2.24, 2.45) is 5.73 Å². The van der Waals surface area contributed by atoms with E-state index in [2.05, 4.69) is 15.3 Å². The predicted octanol–water partition coefficient (Wildman–Crippen LogP) is 7.32. The molecule has 4 aromatic carbocycles. The standard InChI is InChI=1S/C21H25FN4O3.C17H16ClFN2O2/c1-21(2,20(23)27)24-13-19-25-17-9-8-16(12-18(17)26(19)10-11-28-3)29-15-6-4-14(22)5-7-15;1-22-9-8-21-16-10-14(6-7-15(16)20-17(21)11-18)23-13-4-2-12(19)3-5-13/h4-9,12,24H,10-11,13H2,1-3H3,(H2,23,27);2-7,10H,8-9,11H2,1H3. The lowest BCUT2D eigenvalue weighted by Gasteiger charge is -2.22. The number of benzene rings is 4. The third-order valence-electron chi connectivity index (χ3n) is 8.16. The molecule has 2 aromatic heterocycles. The van der Waals surface area contributed by atoms with Crippen molar-refractivity contribution in [3.63, 3.8) is 0 Å². The number of fused-ring (bicyclic) bond motifs is 2. The Morgan fingerprint density at radius 1 is 0.731 bits per heavy atom. The van der Waals surface area contributed by atoms with E-state index in [9.17, 15) is 13.6 Å². The molecule has 0 unspecified atom stereocenters. The van der Waals surface area contributed by atoms with Crippen molar-refractivity contribution in [1.29, 1.82) is 0 Å². The number of nitrogens with two attached hydrogens (primary N) is 1. The van der Waals surface area contributed by atoms with E-state index in [4.69, 9.17) is 36.3 Å². The highest BCUT2D eigenvalue weighted by molar-refractivity contribution is 6.16. The first kappa shape index (κ1) is 38.2. The van der Waals surface area contributed by atoms with Crippen molar-refractivity contribution >= 4 is 39.6 Å². The first-order valence-electron chi connectivity index (χ1n) is 16.4. The zero-order chi connectivity index (χ0) is 37.3. The lowest BCUT2D eigenvalue weighted by atomic mass is 10.1. The average molecular weight is 735 g/mol. The lowest BCUT2D eigenvalue weighted by molar-refractivity contribution is -0.123. The summed E-state index contributed by atoms with van der Waals surface area (Å²) in [6.07, 6.45) is 0. The molecule has 14 heteroatoms. The van der Waals surface area contributed by atoms with E-state index >= 15 is 0 Å². The number of aromatic nitrogens is 4. The maximum atomic E-state index is 13.1. The largest absolute Gasteiger partial charge is 0.457 e. The van der Waals surface area contributed by atoms with Crippen molar-refractivity contribution < 1.29 is 32.5 Å². The van der Waals surface area contributed by atoms with Gasteiger partial charge >= 0.3 is 0 Å². The van der Waals surface area contributed by atoms with Crippen LogP contribution in [0.3, 0.4) is 0 Å². The molecule has 1 amide bonds. The van der Waals surface area contributed by atoms with Gasteiger partial charge in [0.05, 0.1) is 53.2 Å². The number of amides is 1. The van der Waals surface area contributed by atoms with Crippen LogP contribution in [0.15, 0.2) is 84.9 Å². The van der Waals surface area contributed by atoms with Crippen LogP contribution in [0.1, 0.15) is 25.5 Å². The Bertz CT molecular complexity index is 2100. The van der Waals surface area contributed by atoms with Crippen LogP contribution >= 0.6 is 11.6 Å². The number of primary amides is 1. The minimum Gasteiger partial charge on any atom is -0.457 e. The number of nitrogens with one attached hydrogen (secondary N) is 1. The van der Waals surface area contributed by atoms with Gasteiger partial charge in [0, 0.05) is 39.4 Å². The molecule has 0 aliphatic carbocycles. The zero-order valence-electron chi connectivity index (χ0n) is 29.4. The van der Waals surface area contributed by atoms with Crippen molar-refractivity contribution in [1.82, 2.24) is 24.4 Å². The Balaban J connectivity index is 0.000000206. The van der Waals surface area contributed by atoms with Gasteiger partial charge in [-0.15, -0.1) is 11.6 Å². The second kappa shape index (κ2) is 17.4. The van der Waals surface area contributed by atoms with E-state index < -0.39 is 11.4 Å². The maximum Gasteiger partial charge on any atom is 0.237 e. The summed E-state index contributed by atoms with van der Waals surface area (Å²) in [4.78, 5) is 20.8. The normalized spacial score (nSPS) is 11.4. The van der Waals surface area contributed by atoms with Gasteiger partial charge in [0.1, 0.15) is 46.3 Å². The Morgan fingerprint density at radius 2 is 1.15 bits per heavy atom. The van der Waals surface area contributed by atoms with Gasteiger partial charge in [0.25, 0.3) is 0 Å². The number of methoxy groups -OCH3 is 2. The molecular formula is C38H41ClF2N6O5. The number of alkyl halides is 1. The van der Waals surface area contributed by atoms with E-state index in [1.807, 2.05) is 45.5 Å². The van der Waals surface area contributed by atoms with Gasteiger partial charge in [0.2, 0.25) is 5.91 Å². The molecule has 52 heavy (non-hydrogen) atoms. The minimum atomic E-state index is -0.860. The van der Waals surface area contributed by atoms with Crippen LogP contribution < -0.4 is 20.5 Å². The zero-order valence-corrected chi connectivity index (χ0v) is 30.1. The van der Waals surface area contributed by atoms with E-state index in [1.165, 1.54) is 24.3 Å². The molecule has 0 aliphatic heterocycles. The Kier molecular flexibility index (Phi) is 12.8. The highest BCUT2D eigenvalue weighted by atomic mass is 35.5. The smallest absolute Gasteiger partial charge is 0.237 e. The molecule has 0 saturated heterocycles. The van der Waals surface area contributed by atoms with Crippen LogP contribution in [0.5, 0.6) is 23.0 Å². The van der Waals surface area contributed by atoms with Gasteiger partial charge < -0.3 is 33.8 Å². The lowest BCUT2D eigenvalue weighted by Crippen LogP contribution is -2.50. The maximum absolute atomic E-state index is 13.1. The molecule has 0 atom stereocenters. The van der Waals surface area contributed by atoms with Crippen LogP contribution in [-0.2, 0) is 39.8 Å². The number of hydrogen-bond acceptors (Lipinski definition) is 8. The average Bonchev–Trinajstić information content (AvgIpc) is 3.67. The fourth-order valence-corrected chi connectivity index (χ4v) is 5.40. The van der Waals surface area contributed by atoms with Crippen molar-refractivity contribution in [3.8, 4) is 23.0 Å². The Hall–Kier alpha value is -5.08. The number of imidazole rings is 2. The third kappa shape index (κ3) is 9.62. The topological polar surface area (TPSA) is 128 Å². The van der Waals surface area contributed by atoms with E-state index in [0.717, 1.165) is 33.7 Å². The molecule has 0 radical (unpaired) electrons. The molecule has 3 N–H and O–H groups in total. The predicted molar refractivity (Wildman–Crippen MR) is 196 cm³/mol. The summed E-state index contributed by atoms with van der Waals surface area (Å²) in [5.41, 5.74) is 8.02. The van der Waals surface area contributed by atoms with E-state index in [1.54, 1.807) is 52.3 Å². The summed E-state index contributed by atoms with van der Waals surface area (Å²) in [5.74, 6) is 3.20. The van der Waals surface area contributed by atoms with Crippen LogP contribution in [0.2, 0.25) is 0 Å². The molecule has 6 aromatic rings. The summed E-state index contributed by atoms with van der Waals surface area (Å²) in [7, 11) is 3.29. The van der Waals surface area contributed by atoms with Gasteiger partial charge in [-0.1, -0.05) is 0 Å². The molecule has 2 heterocycles. The Morgan fingerprint density at radius 3 is 1.58 bits per heavy atom. The number of hydrogen-bond donors (Lipinski definition) is 2. The monoisotopic (exact) mass is 734 g/mol. The molecular weight excluding hydrogens is 694 g/mol. The SMILES string of the molecule is COCCn1c(CCl)nc2ccc(Oc3ccc(F)cc3)cc21.COCCn1c(CNC(C)(C)C(N)=O)nc2ccc(Oc3ccc(F)cc3)cc21. The summed E-state index contributed by atoms with van der Waals surface area (Å²) in [6, 6.07) is 22.9. The van der Waals surface area contributed by atoms with Crippen LogP contribution in [0.4, 0.5) is 8.78 Å². The van der Waals surface area contributed by atoms with Crippen molar-refractivity contribution in [3.05, 3.63) is 108 Å². The van der Waals surface area contributed by atoms with E-state index in [0.29, 0.717) is 61.7 Å². The number of nitrogens with zero attached hydrogens (tertiary/aromatic N) is 4. The number of carbonyl (C=O) groups is 1. The molecule has 0 fully saturated rings. The summed E-state index contributed by atoms with van der Waals surface area (Å²) in [5, 5.41) is 3.15. The van der Waals surface area contributed by atoms with Crippen LogP contribution in [0, 0.1) is 11.6 Å². The molecule has 6 rings (SSSR count). The first-order valence-corrected chi connectivity index (χ1v) is 17.0. The van der Waals surface area contributed by atoms with Gasteiger partial charge in [-0.2, -0.15) is 0 Å². The van der Waals surface area contributed by atoms with Crippen molar-refractivity contribution in [2.45, 2.75) is 44.9 Å². The number of halogens is 3. The fraction of sp³-hybridized carbons (Fsp3) is 0.289. The molecule has 274 valence electrons. The molecule has 0 aliphatic rings. The summed E-state index contributed by atoms with van der Waals surface area (Å²) >= 11 is 5.98. The number of carbonyl (C=O) groups excluding carboxylic acids is 1. The molecule has 0 bridgehead atoms. The highest BCUT2D eigenvalue weighted by Gasteiger charge is 2.25. The van der Waals surface area contributed by atoms with Crippen molar-refractivity contribution in [2.75, 3.05) is 27.4 Å². The van der Waals surface area contributed by atoms with E-state index in [-0.39, 0.29) is 11.6 Å². The number of ether oxygens (including phenoxy) is 4. The second-order valence-electron chi connectivity index (χ2n) is 12.2. The third-order valence-corrected chi connectivity index (χ3v) is 8.40. The second-order valence-corrected chi connectivity index (χ2v) is 12.5. The first-order chi connectivity index (χ1) is 25.0. The van der Waals surface area contributed by atoms with Gasteiger partial charge in [0.15, 0.2) is 0 Å². The fourth-order valence-electron chi connectivity index (χ4n) is 5.20. The highest BCUT2D eigenvalue weighted by Crippen LogP contribution is 2.28. The summed E-state index contributed by atoms with van der Waals surface area (Å²) in [6.45, 7) is 6.13. The molecule has 0 saturated carbocycles. The quantitative estimate of drug-likeness (QED) is 0.105. The van der Waals surface area contributed by atoms with Crippen LogP contribution in [0.25, 0.3) is 22.1 Å². The minimum absolute atomic E-state index is 0.294. The Labute approximate surface area is 305 Å². The van der Waals surface area contributed by atoms with Gasteiger partial charge in [-0.25, -0.2) is 18.7 Å². The van der Waals surface area contributed by atoms with Gasteiger partial charge in [-0.05, 0) is 86.6 Å². The van der Waals surface area contributed by atoms with Crippen LogP contribution in [-0.4, -0.2) is 58.0 Å². The summed E-state index contributed by atoms with van der Waals surface area (Å²) < 4.78 is 52.1. The molecule has 0 spiro atoms. The van der Waals surface area contributed by atoms with Gasteiger partial charge in [-0.3, -0.25) is 10.1 Å². The number of rotatable bonds is 15.